The van der Waals surface area contributed by atoms with Gasteiger partial charge in [-0.1, -0.05) is 21.8 Å². The number of rotatable bonds is 2. The van der Waals surface area contributed by atoms with Gasteiger partial charge in [0.05, 0.1) is 0 Å². The second-order valence-electron chi connectivity index (χ2n) is 1.97. The van der Waals surface area contributed by atoms with Crippen molar-refractivity contribution in [2.75, 3.05) is 34.4 Å². The molecular weight excluding hydrogens is 138 g/mol. The van der Waals surface area contributed by atoms with Crippen LogP contribution in [0.2, 0.25) is 0 Å². The Hall–Kier alpha value is -0.0800. The highest BCUT2D eigenvalue weighted by Gasteiger charge is 1.72. The first-order chi connectivity index (χ1) is 4.18. The van der Waals surface area contributed by atoms with Crippen LogP contribution in [0.25, 0.3) is 0 Å². The highest BCUT2D eigenvalue weighted by atomic mass is 16.5. The molecule has 0 radical (unpaired) electrons. The van der Waals surface area contributed by atoms with Crippen molar-refractivity contribution in [1.82, 2.24) is 4.90 Å². The molecule has 0 saturated carbocycles. The lowest BCUT2D eigenvalue weighted by Crippen LogP contribution is -2.08. The summed E-state index contributed by atoms with van der Waals surface area (Å²) < 4.78 is 4.54. The lowest BCUT2D eigenvalue weighted by molar-refractivity contribution is 0.215. The average molecular weight is 165 g/mol. The van der Waals surface area contributed by atoms with E-state index in [4.69, 9.17) is 0 Å². The van der Waals surface area contributed by atoms with Gasteiger partial charge in [-0.15, -0.1) is 0 Å². The molecule has 0 aliphatic carbocycles. The fraction of sp³-hybridized carbons (Fsp3) is 1.00. The molecule has 0 bridgehead atoms. The van der Waals surface area contributed by atoms with E-state index in [0.717, 1.165) is 13.2 Å². The van der Waals surface area contributed by atoms with Crippen molar-refractivity contribution < 1.29 is 4.74 Å². The second-order valence-corrected chi connectivity index (χ2v) is 1.97. The maximum atomic E-state index is 4.54. The number of hydrogen-bond acceptors (Lipinski definition) is 2. The third-order valence-electron chi connectivity index (χ3n) is 0.921. The molecule has 2 nitrogen and oxygen atoms in total. The molecule has 0 aromatic heterocycles. The molecule has 2 heteroatoms. The Morgan fingerprint density at radius 1 is 1.09 bits per heavy atom. The molecule has 0 amide bonds. The molecule has 0 aromatic rings. The zero-order chi connectivity index (χ0) is 7.70. The Morgan fingerprint density at radius 3 is 1.27 bits per heavy atom. The highest BCUT2D eigenvalue weighted by molar-refractivity contribution is 4.25. The molecule has 0 aliphatic rings. The van der Waals surface area contributed by atoms with E-state index in [2.05, 4.69) is 30.7 Å². The molecule has 0 fully saturated rings. The second kappa shape index (κ2) is 22.5. The summed E-state index contributed by atoms with van der Waals surface area (Å²) in [4.78, 5) is 2.12. The first-order valence-corrected chi connectivity index (χ1v) is 3.32. The standard InChI is InChI=1S/C4H11N.C3H8O.2CH4/c1-4-5(2)3;1-3-4-2;;/h4H2,1-3H3;3H2,1-2H3;2*1H4. The smallest absolute Gasteiger partial charge is 0.0433 e. The Bertz CT molecular complexity index is 36.5. The minimum absolute atomic E-state index is 0. The van der Waals surface area contributed by atoms with E-state index in [1.165, 1.54) is 0 Å². The van der Waals surface area contributed by atoms with Crippen molar-refractivity contribution in [3.8, 4) is 0 Å². The minimum Gasteiger partial charge on any atom is -0.385 e. The zero-order valence-corrected chi connectivity index (χ0v) is 7.27. The monoisotopic (exact) mass is 165 g/mol. The van der Waals surface area contributed by atoms with Crippen LogP contribution in [-0.4, -0.2) is 39.3 Å². The van der Waals surface area contributed by atoms with Gasteiger partial charge >= 0.3 is 0 Å². The molecule has 0 heterocycles. The van der Waals surface area contributed by atoms with Gasteiger partial charge in [-0.25, -0.2) is 0 Å². The first kappa shape index (κ1) is 22.4. The van der Waals surface area contributed by atoms with Crippen LogP contribution in [0.1, 0.15) is 28.7 Å². The topological polar surface area (TPSA) is 12.5 Å². The quantitative estimate of drug-likeness (QED) is 0.623. The van der Waals surface area contributed by atoms with E-state index >= 15 is 0 Å². The first-order valence-electron chi connectivity index (χ1n) is 3.32. The molecule has 0 aliphatic heterocycles. The van der Waals surface area contributed by atoms with Crippen LogP contribution in [0, 0.1) is 0 Å². The molecule has 0 rings (SSSR count). The Kier molecular flexibility index (Phi) is 45.9. The van der Waals surface area contributed by atoms with E-state index in [-0.39, 0.29) is 14.9 Å². The van der Waals surface area contributed by atoms with Crippen LogP contribution in [0.15, 0.2) is 0 Å². The van der Waals surface area contributed by atoms with Crippen molar-refractivity contribution >= 4 is 0 Å². The van der Waals surface area contributed by atoms with Crippen molar-refractivity contribution in [3.05, 3.63) is 0 Å². The fourth-order valence-electron chi connectivity index (χ4n) is 0. The average Bonchev–Trinajstić information content (AvgIpc) is 1.89. The largest absolute Gasteiger partial charge is 0.385 e. The normalized spacial score (nSPS) is 7.09. The van der Waals surface area contributed by atoms with Gasteiger partial charge in [0.25, 0.3) is 0 Å². The third kappa shape index (κ3) is 73.0. The number of hydrogen-bond donors (Lipinski definition) is 0. The lowest BCUT2D eigenvalue weighted by Gasteiger charge is -2.00. The van der Waals surface area contributed by atoms with Gasteiger partial charge in [0, 0.05) is 13.7 Å². The van der Waals surface area contributed by atoms with Gasteiger partial charge in [0.15, 0.2) is 0 Å². The van der Waals surface area contributed by atoms with Crippen molar-refractivity contribution in [3.63, 3.8) is 0 Å². The molecule has 0 unspecified atom stereocenters. The van der Waals surface area contributed by atoms with E-state index in [1.54, 1.807) is 7.11 Å². The van der Waals surface area contributed by atoms with Crippen LogP contribution in [0.3, 0.4) is 0 Å². The van der Waals surface area contributed by atoms with Crippen LogP contribution in [0.5, 0.6) is 0 Å². The lowest BCUT2D eigenvalue weighted by atomic mass is 10.7. The van der Waals surface area contributed by atoms with Crippen molar-refractivity contribution in [2.45, 2.75) is 28.7 Å². The summed E-state index contributed by atoms with van der Waals surface area (Å²) in [6.07, 6.45) is 0. The van der Waals surface area contributed by atoms with Gasteiger partial charge in [-0.2, -0.15) is 0 Å². The summed E-state index contributed by atoms with van der Waals surface area (Å²) >= 11 is 0. The predicted octanol–water partition coefficient (Wildman–Crippen LogP) is 2.49. The molecular formula is C9H27NO. The minimum atomic E-state index is 0. The summed E-state index contributed by atoms with van der Waals surface area (Å²) in [6, 6.07) is 0. The summed E-state index contributed by atoms with van der Waals surface area (Å²) in [6.45, 7) is 6.04. The van der Waals surface area contributed by atoms with E-state index < -0.39 is 0 Å². The van der Waals surface area contributed by atoms with Gasteiger partial charge in [-0.3, -0.25) is 0 Å². The van der Waals surface area contributed by atoms with Crippen LogP contribution in [0.4, 0.5) is 0 Å². The Labute approximate surface area is 73.5 Å². The van der Waals surface area contributed by atoms with E-state index in [0.29, 0.717) is 0 Å². The van der Waals surface area contributed by atoms with E-state index in [9.17, 15) is 0 Å². The summed E-state index contributed by atoms with van der Waals surface area (Å²) in [5.74, 6) is 0. The van der Waals surface area contributed by atoms with Gasteiger partial charge < -0.3 is 9.64 Å². The predicted molar refractivity (Wildman–Crippen MR) is 55.2 cm³/mol. The van der Waals surface area contributed by atoms with Crippen LogP contribution < -0.4 is 0 Å². The highest BCUT2D eigenvalue weighted by Crippen LogP contribution is 1.63. The molecule has 0 spiro atoms. The Morgan fingerprint density at radius 2 is 1.27 bits per heavy atom. The number of methoxy groups -OCH3 is 1. The summed E-state index contributed by atoms with van der Waals surface area (Å²) in [5.41, 5.74) is 0. The fourth-order valence-corrected chi connectivity index (χ4v) is 0. The molecule has 74 valence electrons. The van der Waals surface area contributed by atoms with Gasteiger partial charge in [0.1, 0.15) is 0 Å². The number of nitrogens with zero attached hydrogens (tertiary/aromatic N) is 1. The van der Waals surface area contributed by atoms with Gasteiger partial charge in [0.2, 0.25) is 0 Å². The van der Waals surface area contributed by atoms with Crippen molar-refractivity contribution in [2.24, 2.45) is 0 Å². The molecule has 0 atom stereocenters. The summed E-state index contributed by atoms with van der Waals surface area (Å²) in [5, 5.41) is 0. The maximum absolute atomic E-state index is 4.54. The summed E-state index contributed by atoms with van der Waals surface area (Å²) in [7, 11) is 5.79. The molecule has 0 saturated heterocycles. The van der Waals surface area contributed by atoms with Crippen LogP contribution >= 0.6 is 0 Å². The Balaban J connectivity index is -0.0000000383. The third-order valence-corrected chi connectivity index (χ3v) is 0.921. The molecule has 0 N–H and O–H groups in total. The zero-order valence-electron chi connectivity index (χ0n) is 7.27. The SMILES string of the molecule is C.C.CCN(C)C.CCOC. The maximum Gasteiger partial charge on any atom is 0.0433 e. The van der Waals surface area contributed by atoms with E-state index in [1.807, 2.05) is 6.92 Å². The van der Waals surface area contributed by atoms with Gasteiger partial charge in [-0.05, 0) is 27.6 Å². The van der Waals surface area contributed by atoms with Crippen LogP contribution in [-0.2, 0) is 4.74 Å². The number of ether oxygens (including phenoxy) is 1. The molecule has 0 aromatic carbocycles. The molecule has 11 heavy (non-hydrogen) atoms. The van der Waals surface area contributed by atoms with Crippen molar-refractivity contribution in [1.29, 1.82) is 0 Å².